The highest BCUT2D eigenvalue weighted by atomic mass is 79.9. The Morgan fingerprint density at radius 2 is 2.05 bits per heavy atom. The summed E-state index contributed by atoms with van der Waals surface area (Å²) in [4.78, 5) is 15.9. The molecule has 1 amide bonds. The number of nitrogens with one attached hydrogen (secondary N) is 2. The van der Waals surface area contributed by atoms with Crippen molar-refractivity contribution in [1.82, 2.24) is 10.3 Å². The molecule has 0 atom stereocenters. The van der Waals surface area contributed by atoms with Gasteiger partial charge in [-0.25, -0.2) is 0 Å². The molecular weight excluding hydrogens is 398 g/mol. The molecule has 6 heteroatoms. The maximum absolute atomic E-state index is 11.6. The van der Waals surface area contributed by atoms with Crippen LogP contribution in [0.1, 0.15) is 21.6 Å². The van der Waals surface area contributed by atoms with E-state index in [0.29, 0.717) is 12.1 Å². The zero-order chi connectivity index (χ0) is 15.4. The fourth-order valence-corrected chi connectivity index (χ4v) is 3.03. The Bertz CT molecular complexity index is 674. The number of carbonyl (C=O) groups excluding carboxylic acids is 1. The van der Waals surface area contributed by atoms with Crippen molar-refractivity contribution in [3.63, 3.8) is 0 Å². The van der Waals surface area contributed by atoms with Gasteiger partial charge in [-0.05, 0) is 68.6 Å². The molecular formula is C15H15Br2N3O. The van der Waals surface area contributed by atoms with Crippen LogP contribution in [-0.2, 0) is 6.54 Å². The lowest BCUT2D eigenvalue weighted by Crippen LogP contribution is -2.18. The van der Waals surface area contributed by atoms with E-state index in [9.17, 15) is 4.79 Å². The Morgan fingerprint density at radius 1 is 1.29 bits per heavy atom. The van der Waals surface area contributed by atoms with Gasteiger partial charge < -0.3 is 10.6 Å². The Labute approximate surface area is 140 Å². The van der Waals surface area contributed by atoms with Gasteiger partial charge in [-0.2, -0.15) is 0 Å². The van der Waals surface area contributed by atoms with Crippen LogP contribution in [-0.4, -0.2) is 17.9 Å². The smallest absolute Gasteiger partial charge is 0.251 e. The van der Waals surface area contributed by atoms with Gasteiger partial charge in [0.15, 0.2) is 0 Å². The van der Waals surface area contributed by atoms with E-state index in [0.717, 1.165) is 25.9 Å². The molecule has 2 N–H and O–H groups in total. The fraction of sp³-hybridized carbons (Fsp3) is 0.200. The number of carbonyl (C=O) groups is 1. The summed E-state index contributed by atoms with van der Waals surface area (Å²) >= 11 is 6.88. The topological polar surface area (TPSA) is 54.0 Å². The van der Waals surface area contributed by atoms with E-state index in [1.165, 1.54) is 0 Å². The number of amides is 1. The van der Waals surface area contributed by atoms with Gasteiger partial charge in [0, 0.05) is 33.4 Å². The summed E-state index contributed by atoms with van der Waals surface area (Å²) < 4.78 is 1.88. The first-order chi connectivity index (χ1) is 10.0. The predicted molar refractivity (Wildman–Crippen MR) is 91.5 cm³/mol. The molecule has 1 aromatic heterocycles. The number of hydrogen-bond donors (Lipinski definition) is 2. The first-order valence-electron chi connectivity index (χ1n) is 6.38. The number of benzene rings is 1. The monoisotopic (exact) mass is 411 g/mol. The molecule has 0 aliphatic heterocycles. The summed E-state index contributed by atoms with van der Waals surface area (Å²) in [6.45, 7) is 2.58. The Morgan fingerprint density at radius 3 is 2.67 bits per heavy atom. The molecule has 0 radical (unpaired) electrons. The number of rotatable bonds is 4. The second-order valence-corrected chi connectivity index (χ2v) is 6.31. The van der Waals surface area contributed by atoms with E-state index in [1.807, 2.05) is 25.1 Å². The Kier molecular flexibility index (Phi) is 5.36. The van der Waals surface area contributed by atoms with Crippen molar-refractivity contribution in [2.24, 2.45) is 0 Å². The van der Waals surface area contributed by atoms with Crippen LogP contribution in [0.2, 0.25) is 0 Å². The zero-order valence-electron chi connectivity index (χ0n) is 11.7. The number of halogens is 2. The molecule has 21 heavy (non-hydrogen) atoms. The van der Waals surface area contributed by atoms with E-state index in [2.05, 4.69) is 47.5 Å². The molecule has 0 aliphatic rings. The third-order valence-electron chi connectivity index (χ3n) is 3.05. The molecule has 4 nitrogen and oxygen atoms in total. The molecule has 2 rings (SSSR count). The lowest BCUT2D eigenvalue weighted by molar-refractivity contribution is 0.0963. The third kappa shape index (κ3) is 4.04. The minimum Gasteiger partial charge on any atom is -0.379 e. The minimum atomic E-state index is -0.0815. The summed E-state index contributed by atoms with van der Waals surface area (Å²) in [7, 11) is 1.63. The number of hydrogen-bond acceptors (Lipinski definition) is 3. The molecule has 2 aromatic rings. The number of aryl methyl sites for hydroxylation is 1. The van der Waals surface area contributed by atoms with Crippen molar-refractivity contribution in [1.29, 1.82) is 0 Å². The van der Waals surface area contributed by atoms with Crippen molar-refractivity contribution in [2.75, 3.05) is 12.4 Å². The highest BCUT2D eigenvalue weighted by Crippen LogP contribution is 2.22. The summed E-state index contributed by atoms with van der Waals surface area (Å²) in [5, 5.41) is 5.95. The van der Waals surface area contributed by atoms with Crippen LogP contribution in [0, 0.1) is 6.92 Å². The van der Waals surface area contributed by atoms with Gasteiger partial charge in [-0.15, -0.1) is 0 Å². The van der Waals surface area contributed by atoms with Crippen LogP contribution in [0.15, 0.2) is 39.4 Å². The maximum Gasteiger partial charge on any atom is 0.251 e. The maximum atomic E-state index is 11.6. The van der Waals surface area contributed by atoms with Crippen molar-refractivity contribution in [3.8, 4) is 0 Å². The van der Waals surface area contributed by atoms with Crippen LogP contribution >= 0.6 is 31.9 Å². The van der Waals surface area contributed by atoms with Crippen molar-refractivity contribution in [2.45, 2.75) is 13.5 Å². The summed E-state index contributed by atoms with van der Waals surface area (Å²) in [5.74, 6) is -0.0815. The van der Waals surface area contributed by atoms with E-state index < -0.39 is 0 Å². The van der Waals surface area contributed by atoms with Gasteiger partial charge in [0.05, 0.1) is 12.2 Å². The zero-order valence-corrected chi connectivity index (χ0v) is 14.9. The highest BCUT2D eigenvalue weighted by molar-refractivity contribution is 9.11. The van der Waals surface area contributed by atoms with Crippen LogP contribution in [0.3, 0.4) is 0 Å². The highest BCUT2D eigenvalue weighted by Gasteiger charge is 2.07. The normalized spacial score (nSPS) is 10.3. The number of anilines is 1. The fourth-order valence-electron chi connectivity index (χ4n) is 1.90. The Hall–Kier alpha value is -1.40. The number of aromatic nitrogens is 1. The summed E-state index contributed by atoms with van der Waals surface area (Å²) in [6, 6.07) is 7.54. The molecule has 0 saturated carbocycles. The van der Waals surface area contributed by atoms with Gasteiger partial charge in [-0.1, -0.05) is 0 Å². The largest absolute Gasteiger partial charge is 0.379 e. The van der Waals surface area contributed by atoms with Crippen LogP contribution in [0.5, 0.6) is 0 Å². The minimum absolute atomic E-state index is 0.0815. The van der Waals surface area contributed by atoms with Gasteiger partial charge in [-0.3, -0.25) is 9.78 Å². The standard InChI is InChI=1S/C15H15Br2N3O/c1-9-5-10(15(21)18-2)3-4-13(9)20-8-14-12(17)6-11(16)7-19-14/h3-7,20H,8H2,1-2H3,(H,18,21). The Balaban J connectivity index is 2.11. The second-order valence-electron chi connectivity index (χ2n) is 4.54. The van der Waals surface area contributed by atoms with E-state index in [4.69, 9.17) is 0 Å². The van der Waals surface area contributed by atoms with E-state index >= 15 is 0 Å². The molecule has 1 aromatic carbocycles. The van der Waals surface area contributed by atoms with Crippen molar-refractivity contribution < 1.29 is 4.79 Å². The number of pyridine rings is 1. The molecule has 110 valence electrons. The van der Waals surface area contributed by atoms with Gasteiger partial charge in [0.1, 0.15) is 0 Å². The molecule has 0 saturated heterocycles. The van der Waals surface area contributed by atoms with Crippen LogP contribution in [0.4, 0.5) is 5.69 Å². The summed E-state index contributed by atoms with van der Waals surface area (Å²) in [5.41, 5.74) is 3.58. The van der Waals surface area contributed by atoms with Gasteiger partial charge in [0.25, 0.3) is 5.91 Å². The van der Waals surface area contributed by atoms with Crippen LogP contribution in [0.25, 0.3) is 0 Å². The van der Waals surface area contributed by atoms with Gasteiger partial charge in [0.2, 0.25) is 0 Å². The molecule has 0 bridgehead atoms. The SMILES string of the molecule is CNC(=O)c1ccc(NCc2ncc(Br)cc2Br)c(C)c1. The third-order valence-corrected chi connectivity index (χ3v) is 4.17. The average molecular weight is 413 g/mol. The van der Waals surface area contributed by atoms with E-state index in [1.54, 1.807) is 19.3 Å². The van der Waals surface area contributed by atoms with E-state index in [-0.39, 0.29) is 5.91 Å². The van der Waals surface area contributed by atoms with Gasteiger partial charge >= 0.3 is 0 Å². The van der Waals surface area contributed by atoms with Crippen molar-refractivity contribution in [3.05, 3.63) is 56.2 Å². The molecule has 0 aliphatic carbocycles. The molecule has 1 heterocycles. The second kappa shape index (κ2) is 7.04. The molecule has 0 unspecified atom stereocenters. The lowest BCUT2D eigenvalue weighted by atomic mass is 10.1. The quantitative estimate of drug-likeness (QED) is 0.800. The van der Waals surface area contributed by atoms with Crippen LogP contribution < -0.4 is 10.6 Å². The lowest BCUT2D eigenvalue weighted by Gasteiger charge is -2.11. The predicted octanol–water partition coefficient (Wildman–Crippen LogP) is 3.89. The number of nitrogens with zero attached hydrogens (tertiary/aromatic N) is 1. The average Bonchev–Trinajstić information content (AvgIpc) is 2.46. The first kappa shape index (κ1) is 16.0. The molecule has 0 fully saturated rings. The first-order valence-corrected chi connectivity index (χ1v) is 7.96. The summed E-state index contributed by atoms with van der Waals surface area (Å²) in [6.07, 6.45) is 1.77. The molecule has 0 spiro atoms. The van der Waals surface area contributed by atoms with Crippen molar-refractivity contribution >= 4 is 43.5 Å².